The largest absolute Gasteiger partial charge is 0.301 e. The lowest BCUT2D eigenvalue weighted by Crippen LogP contribution is -2.58. The van der Waals surface area contributed by atoms with Crippen molar-refractivity contribution in [2.45, 2.75) is 97.1 Å². The fourth-order valence-electron chi connectivity index (χ4n) is 5.62. The Morgan fingerprint density at radius 1 is 0.708 bits per heavy atom. The molecule has 140 valence electrons. The Kier molecular flexibility index (Phi) is 7.46. The molecule has 1 aliphatic heterocycles. The SMILES string of the molecule is CCCCCC1CCC(C2NCC(C3CCC(C)CC3)CN2)CC1. The Morgan fingerprint density at radius 3 is 1.96 bits per heavy atom. The van der Waals surface area contributed by atoms with Crippen LogP contribution in [-0.2, 0) is 0 Å². The molecule has 1 saturated heterocycles. The quantitative estimate of drug-likeness (QED) is 0.641. The number of hydrogen-bond donors (Lipinski definition) is 2. The Hall–Kier alpha value is -0.0800. The molecular formula is C22H42N2. The van der Waals surface area contributed by atoms with Gasteiger partial charge in [-0.3, -0.25) is 0 Å². The highest BCUT2D eigenvalue weighted by Crippen LogP contribution is 2.36. The predicted octanol–water partition coefficient (Wildman–Crippen LogP) is 5.33. The molecule has 0 spiro atoms. The van der Waals surface area contributed by atoms with E-state index in [1.54, 1.807) is 0 Å². The highest BCUT2D eigenvalue weighted by atomic mass is 15.2. The molecule has 0 aromatic carbocycles. The van der Waals surface area contributed by atoms with Gasteiger partial charge in [0.05, 0.1) is 6.17 Å². The summed E-state index contributed by atoms with van der Waals surface area (Å²) in [7, 11) is 0. The fraction of sp³-hybridized carbons (Fsp3) is 1.00. The van der Waals surface area contributed by atoms with E-state index >= 15 is 0 Å². The first-order valence-corrected chi connectivity index (χ1v) is 11.2. The molecule has 24 heavy (non-hydrogen) atoms. The van der Waals surface area contributed by atoms with Crippen LogP contribution in [0.15, 0.2) is 0 Å². The van der Waals surface area contributed by atoms with Crippen molar-refractivity contribution in [2.24, 2.45) is 29.6 Å². The third kappa shape index (κ3) is 5.21. The van der Waals surface area contributed by atoms with Crippen molar-refractivity contribution in [1.29, 1.82) is 0 Å². The summed E-state index contributed by atoms with van der Waals surface area (Å²) in [6.45, 7) is 7.29. The van der Waals surface area contributed by atoms with Gasteiger partial charge < -0.3 is 10.6 Å². The second kappa shape index (κ2) is 9.57. The molecule has 3 aliphatic rings. The van der Waals surface area contributed by atoms with E-state index in [-0.39, 0.29) is 0 Å². The Balaban J connectivity index is 1.34. The van der Waals surface area contributed by atoms with E-state index < -0.39 is 0 Å². The highest BCUT2D eigenvalue weighted by molar-refractivity contribution is 4.88. The van der Waals surface area contributed by atoms with Gasteiger partial charge >= 0.3 is 0 Å². The molecular weight excluding hydrogens is 292 g/mol. The van der Waals surface area contributed by atoms with Gasteiger partial charge in [-0.15, -0.1) is 0 Å². The van der Waals surface area contributed by atoms with E-state index in [1.165, 1.54) is 90.1 Å². The van der Waals surface area contributed by atoms with Crippen molar-refractivity contribution in [3.63, 3.8) is 0 Å². The number of nitrogens with one attached hydrogen (secondary N) is 2. The van der Waals surface area contributed by atoms with E-state index in [1.807, 2.05) is 0 Å². The van der Waals surface area contributed by atoms with Gasteiger partial charge in [-0.1, -0.05) is 65.2 Å². The second-order valence-electron chi connectivity index (χ2n) is 9.35. The molecule has 3 rings (SSSR count). The maximum absolute atomic E-state index is 3.90. The molecule has 2 saturated carbocycles. The lowest BCUT2D eigenvalue weighted by molar-refractivity contribution is 0.123. The van der Waals surface area contributed by atoms with Gasteiger partial charge in [-0.2, -0.15) is 0 Å². The summed E-state index contributed by atoms with van der Waals surface area (Å²) in [6, 6.07) is 0. The van der Waals surface area contributed by atoms with Crippen LogP contribution in [-0.4, -0.2) is 19.3 Å². The summed E-state index contributed by atoms with van der Waals surface area (Å²) in [5.74, 6) is 4.77. The molecule has 2 N–H and O–H groups in total. The minimum Gasteiger partial charge on any atom is -0.301 e. The van der Waals surface area contributed by atoms with Crippen LogP contribution in [0.4, 0.5) is 0 Å². The normalized spacial score (nSPS) is 41.2. The van der Waals surface area contributed by atoms with E-state index in [0.717, 1.165) is 29.6 Å². The molecule has 2 aliphatic carbocycles. The summed E-state index contributed by atoms with van der Waals surface area (Å²) in [6.07, 6.45) is 18.1. The smallest absolute Gasteiger partial charge is 0.0600 e. The predicted molar refractivity (Wildman–Crippen MR) is 104 cm³/mol. The molecule has 1 heterocycles. The molecule has 0 amide bonds. The van der Waals surface area contributed by atoms with Gasteiger partial charge in [0.2, 0.25) is 0 Å². The zero-order chi connectivity index (χ0) is 16.8. The van der Waals surface area contributed by atoms with Crippen molar-refractivity contribution in [3.8, 4) is 0 Å². The molecule has 0 aromatic heterocycles. The molecule has 2 heteroatoms. The van der Waals surface area contributed by atoms with Crippen molar-refractivity contribution in [1.82, 2.24) is 10.6 Å². The van der Waals surface area contributed by atoms with Crippen LogP contribution in [0.5, 0.6) is 0 Å². The van der Waals surface area contributed by atoms with Crippen molar-refractivity contribution < 1.29 is 0 Å². The van der Waals surface area contributed by atoms with E-state index in [2.05, 4.69) is 24.5 Å². The Labute approximate surface area is 150 Å². The monoisotopic (exact) mass is 334 g/mol. The van der Waals surface area contributed by atoms with Gasteiger partial charge in [0, 0.05) is 13.1 Å². The van der Waals surface area contributed by atoms with Crippen LogP contribution < -0.4 is 10.6 Å². The van der Waals surface area contributed by atoms with Gasteiger partial charge in [-0.05, 0) is 55.3 Å². The lowest BCUT2D eigenvalue weighted by Gasteiger charge is -2.42. The van der Waals surface area contributed by atoms with Gasteiger partial charge in [-0.25, -0.2) is 0 Å². The summed E-state index contributed by atoms with van der Waals surface area (Å²) in [5.41, 5.74) is 0. The fourth-order valence-corrected chi connectivity index (χ4v) is 5.62. The minimum absolute atomic E-state index is 0.611. The first-order valence-electron chi connectivity index (χ1n) is 11.2. The Morgan fingerprint density at radius 2 is 1.33 bits per heavy atom. The summed E-state index contributed by atoms with van der Waals surface area (Å²) in [5, 5.41) is 7.81. The highest BCUT2D eigenvalue weighted by Gasteiger charge is 2.33. The number of rotatable bonds is 6. The van der Waals surface area contributed by atoms with Crippen LogP contribution in [0.25, 0.3) is 0 Å². The van der Waals surface area contributed by atoms with Crippen LogP contribution >= 0.6 is 0 Å². The molecule has 0 atom stereocenters. The van der Waals surface area contributed by atoms with E-state index in [0.29, 0.717) is 6.17 Å². The topological polar surface area (TPSA) is 24.1 Å². The minimum atomic E-state index is 0.611. The van der Waals surface area contributed by atoms with Crippen LogP contribution in [0.2, 0.25) is 0 Å². The third-order valence-corrected chi connectivity index (χ3v) is 7.51. The number of unbranched alkanes of at least 4 members (excludes halogenated alkanes) is 2. The molecule has 0 radical (unpaired) electrons. The standard InChI is InChI=1S/C22H42N2/c1-3-4-5-6-18-9-13-20(14-10-18)22-23-15-21(16-24-22)19-11-7-17(2)8-12-19/h17-24H,3-16H2,1-2H3. The van der Waals surface area contributed by atoms with Crippen LogP contribution in [0.1, 0.15) is 90.9 Å². The second-order valence-corrected chi connectivity index (χ2v) is 9.35. The molecule has 0 bridgehead atoms. The van der Waals surface area contributed by atoms with E-state index in [9.17, 15) is 0 Å². The molecule has 3 fully saturated rings. The van der Waals surface area contributed by atoms with Crippen molar-refractivity contribution in [2.75, 3.05) is 13.1 Å². The van der Waals surface area contributed by atoms with Crippen molar-refractivity contribution >= 4 is 0 Å². The maximum Gasteiger partial charge on any atom is 0.0600 e. The summed E-state index contributed by atoms with van der Waals surface area (Å²) >= 11 is 0. The van der Waals surface area contributed by atoms with Gasteiger partial charge in [0.15, 0.2) is 0 Å². The Bertz CT molecular complexity index is 332. The maximum atomic E-state index is 3.90. The first kappa shape index (κ1) is 18.7. The molecule has 2 nitrogen and oxygen atoms in total. The average Bonchev–Trinajstić information content (AvgIpc) is 2.63. The van der Waals surface area contributed by atoms with Gasteiger partial charge in [0.25, 0.3) is 0 Å². The third-order valence-electron chi connectivity index (χ3n) is 7.51. The zero-order valence-corrected chi connectivity index (χ0v) is 16.4. The summed E-state index contributed by atoms with van der Waals surface area (Å²) in [4.78, 5) is 0. The van der Waals surface area contributed by atoms with Crippen LogP contribution in [0, 0.1) is 29.6 Å². The van der Waals surface area contributed by atoms with Gasteiger partial charge in [0.1, 0.15) is 0 Å². The van der Waals surface area contributed by atoms with Crippen molar-refractivity contribution in [3.05, 3.63) is 0 Å². The average molecular weight is 335 g/mol. The zero-order valence-electron chi connectivity index (χ0n) is 16.4. The van der Waals surface area contributed by atoms with Crippen LogP contribution in [0.3, 0.4) is 0 Å². The number of hydrogen-bond acceptors (Lipinski definition) is 2. The van der Waals surface area contributed by atoms with E-state index in [4.69, 9.17) is 0 Å². The molecule has 0 aromatic rings. The molecule has 0 unspecified atom stereocenters. The lowest BCUT2D eigenvalue weighted by atomic mass is 9.74. The summed E-state index contributed by atoms with van der Waals surface area (Å²) < 4.78 is 0. The first-order chi connectivity index (χ1) is 11.8.